The van der Waals surface area contributed by atoms with Crippen LogP contribution in [-0.4, -0.2) is 54.5 Å². The Hall–Kier alpha value is -1.26. The van der Waals surface area contributed by atoms with Crippen molar-refractivity contribution in [2.24, 2.45) is 5.92 Å². The van der Waals surface area contributed by atoms with Crippen molar-refractivity contribution in [2.45, 2.75) is 51.5 Å². The molecule has 1 N–H and O–H groups in total. The number of likely N-dealkylation sites (N-methyl/N-ethyl adjacent to an activating group) is 1. The Balaban J connectivity index is 1.81. The summed E-state index contributed by atoms with van der Waals surface area (Å²) in [5, 5.41) is 3.11. The first kappa shape index (κ1) is 15.1. The lowest BCUT2D eigenvalue weighted by molar-refractivity contribution is -0.129. The molecule has 0 aromatic rings. The standard InChI is InChI=1S/C15H27N3O2/c1-3-12-5-7-13(8-6-12)16-15(20)18-10-4-9-17(2)14(19)11-18/h12-13H,3-11H2,1-2H3,(H,16,20). The highest BCUT2D eigenvalue weighted by atomic mass is 16.2. The third-order valence-corrected chi connectivity index (χ3v) is 4.71. The topological polar surface area (TPSA) is 52.7 Å². The summed E-state index contributed by atoms with van der Waals surface area (Å²) in [6.45, 7) is 3.87. The molecule has 0 atom stereocenters. The highest BCUT2D eigenvalue weighted by Crippen LogP contribution is 2.26. The zero-order valence-electron chi connectivity index (χ0n) is 12.7. The van der Waals surface area contributed by atoms with Crippen LogP contribution in [0.1, 0.15) is 45.4 Å². The molecule has 0 aromatic carbocycles. The van der Waals surface area contributed by atoms with Crippen molar-refractivity contribution in [3.05, 3.63) is 0 Å². The molecule has 0 bridgehead atoms. The number of carbonyl (C=O) groups is 2. The summed E-state index contributed by atoms with van der Waals surface area (Å²) < 4.78 is 0. The molecule has 20 heavy (non-hydrogen) atoms. The zero-order valence-corrected chi connectivity index (χ0v) is 12.7. The first-order valence-electron chi connectivity index (χ1n) is 7.89. The molecule has 0 spiro atoms. The van der Waals surface area contributed by atoms with Gasteiger partial charge >= 0.3 is 6.03 Å². The Morgan fingerprint density at radius 3 is 2.60 bits per heavy atom. The van der Waals surface area contributed by atoms with E-state index >= 15 is 0 Å². The van der Waals surface area contributed by atoms with Crippen molar-refractivity contribution >= 4 is 11.9 Å². The number of rotatable bonds is 2. The molecule has 2 aliphatic rings. The average Bonchev–Trinajstić information content (AvgIpc) is 2.62. The molecule has 1 heterocycles. The van der Waals surface area contributed by atoms with E-state index in [2.05, 4.69) is 12.2 Å². The van der Waals surface area contributed by atoms with Gasteiger partial charge in [-0.25, -0.2) is 4.79 Å². The van der Waals surface area contributed by atoms with E-state index in [1.807, 2.05) is 0 Å². The summed E-state index contributed by atoms with van der Waals surface area (Å²) in [7, 11) is 1.80. The number of nitrogens with one attached hydrogen (secondary N) is 1. The minimum atomic E-state index is -0.0615. The van der Waals surface area contributed by atoms with Gasteiger partial charge in [0.25, 0.3) is 0 Å². The molecule has 5 heteroatoms. The summed E-state index contributed by atoms with van der Waals surface area (Å²) in [5.74, 6) is 0.865. The fraction of sp³-hybridized carbons (Fsp3) is 0.867. The van der Waals surface area contributed by atoms with Gasteiger partial charge in [-0.2, -0.15) is 0 Å². The highest BCUT2D eigenvalue weighted by Gasteiger charge is 2.26. The Kier molecular flexibility index (Phi) is 5.26. The van der Waals surface area contributed by atoms with E-state index in [1.165, 1.54) is 19.3 Å². The van der Waals surface area contributed by atoms with Crippen LogP contribution in [0, 0.1) is 5.92 Å². The first-order valence-corrected chi connectivity index (χ1v) is 7.89. The minimum Gasteiger partial charge on any atom is -0.344 e. The van der Waals surface area contributed by atoms with E-state index in [9.17, 15) is 9.59 Å². The minimum absolute atomic E-state index is 0.0346. The molecule has 0 aromatic heterocycles. The fourth-order valence-corrected chi connectivity index (χ4v) is 3.14. The predicted octanol–water partition coefficient (Wildman–Crippen LogP) is 1.83. The highest BCUT2D eigenvalue weighted by molar-refractivity contribution is 5.84. The van der Waals surface area contributed by atoms with E-state index in [4.69, 9.17) is 0 Å². The summed E-state index contributed by atoms with van der Waals surface area (Å²) in [6.07, 6.45) is 6.68. The number of amides is 3. The van der Waals surface area contributed by atoms with Gasteiger partial charge < -0.3 is 15.1 Å². The van der Waals surface area contributed by atoms with Crippen LogP contribution < -0.4 is 5.32 Å². The maximum Gasteiger partial charge on any atom is 0.318 e. The SMILES string of the molecule is CCC1CCC(NC(=O)N2CCCN(C)C(=O)C2)CC1. The molecule has 1 saturated heterocycles. The molecule has 1 aliphatic heterocycles. The van der Waals surface area contributed by atoms with Crippen LogP contribution in [0.15, 0.2) is 0 Å². The van der Waals surface area contributed by atoms with Crippen molar-refractivity contribution in [3.8, 4) is 0 Å². The Bertz CT molecular complexity index is 351. The first-order chi connectivity index (χ1) is 9.60. The molecule has 114 valence electrons. The molecular formula is C15H27N3O2. The second-order valence-corrected chi connectivity index (χ2v) is 6.17. The third kappa shape index (κ3) is 3.87. The van der Waals surface area contributed by atoms with Crippen LogP contribution in [0.2, 0.25) is 0 Å². The molecule has 5 nitrogen and oxygen atoms in total. The normalized spacial score (nSPS) is 28.2. The van der Waals surface area contributed by atoms with Gasteiger partial charge in [0.1, 0.15) is 6.54 Å². The van der Waals surface area contributed by atoms with Gasteiger partial charge in [-0.1, -0.05) is 13.3 Å². The number of nitrogens with zero attached hydrogens (tertiary/aromatic N) is 2. The van der Waals surface area contributed by atoms with Crippen LogP contribution in [0.25, 0.3) is 0 Å². The van der Waals surface area contributed by atoms with Gasteiger partial charge in [0.2, 0.25) is 5.91 Å². The van der Waals surface area contributed by atoms with Gasteiger partial charge in [0, 0.05) is 26.2 Å². The number of hydrogen-bond acceptors (Lipinski definition) is 2. The summed E-state index contributed by atoms with van der Waals surface area (Å²) >= 11 is 0. The average molecular weight is 281 g/mol. The van der Waals surface area contributed by atoms with Crippen molar-refractivity contribution in [3.63, 3.8) is 0 Å². The largest absolute Gasteiger partial charge is 0.344 e. The molecule has 2 fully saturated rings. The van der Waals surface area contributed by atoms with Crippen molar-refractivity contribution < 1.29 is 9.59 Å². The van der Waals surface area contributed by atoms with Gasteiger partial charge in [0.05, 0.1) is 0 Å². The van der Waals surface area contributed by atoms with Crippen molar-refractivity contribution in [1.82, 2.24) is 15.1 Å². The third-order valence-electron chi connectivity index (χ3n) is 4.71. The van der Waals surface area contributed by atoms with Gasteiger partial charge in [0.15, 0.2) is 0 Å². The Labute approximate surface area is 121 Å². The molecule has 2 rings (SSSR count). The molecule has 0 unspecified atom stereocenters. The van der Waals surface area contributed by atoms with Crippen LogP contribution in [-0.2, 0) is 4.79 Å². The molecule has 3 amide bonds. The summed E-state index contributed by atoms with van der Waals surface area (Å²) in [4.78, 5) is 27.4. The predicted molar refractivity (Wildman–Crippen MR) is 78.4 cm³/mol. The Morgan fingerprint density at radius 2 is 1.95 bits per heavy atom. The van der Waals surface area contributed by atoms with E-state index in [0.29, 0.717) is 12.6 Å². The van der Waals surface area contributed by atoms with Crippen LogP contribution >= 0.6 is 0 Å². The van der Waals surface area contributed by atoms with Gasteiger partial charge in [-0.05, 0) is 38.0 Å². The van der Waals surface area contributed by atoms with Crippen LogP contribution in [0.4, 0.5) is 4.79 Å². The summed E-state index contributed by atoms with van der Waals surface area (Å²) in [6, 6.07) is 0.231. The van der Waals surface area contributed by atoms with E-state index in [0.717, 1.165) is 31.7 Å². The maximum absolute atomic E-state index is 12.3. The van der Waals surface area contributed by atoms with E-state index in [1.54, 1.807) is 16.8 Å². The lowest BCUT2D eigenvalue weighted by atomic mass is 9.84. The smallest absolute Gasteiger partial charge is 0.318 e. The fourth-order valence-electron chi connectivity index (χ4n) is 3.14. The van der Waals surface area contributed by atoms with Gasteiger partial charge in [-0.3, -0.25) is 4.79 Å². The number of hydrogen-bond donors (Lipinski definition) is 1. The van der Waals surface area contributed by atoms with Crippen molar-refractivity contribution in [1.29, 1.82) is 0 Å². The van der Waals surface area contributed by atoms with E-state index < -0.39 is 0 Å². The molecular weight excluding hydrogens is 254 g/mol. The van der Waals surface area contributed by atoms with Crippen molar-refractivity contribution in [2.75, 3.05) is 26.7 Å². The zero-order chi connectivity index (χ0) is 14.5. The Morgan fingerprint density at radius 1 is 1.25 bits per heavy atom. The lowest BCUT2D eigenvalue weighted by Crippen LogP contribution is -2.48. The van der Waals surface area contributed by atoms with Gasteiger partial charge in [-0.15, -0.1) is 0 Å². The molecule has 1 aliphatic carbocycles. The second-order valence-electron chi connectivity index (χ2n) is 6.17. The maximum atomic E-state index is 12.3. The summed E-state index contributed by atoms with van der Waals surface area (Å²) in [5.41, 5.74) is 0. The number of carbonyl (C=O) groups excluding carboxylic acids is 2. The van der Waals surface area contributed by atoms with Crippen LogP contribution in [0.3, 0.4) is 0 Å². The van der Waals surface area contributed by atoms with E-state index in [-0.39, 0.29) is 18.5 Å². The number of urea groups is 1. The monoisotopic (exact) mass is 281 g/mol. The quantitative estimate of drug-likeness (QED) is 0.839. The lowest BCUT2D eigenvalue weighted by Gasteiger charge is -2.30. The molecule has 0 radical (unpaired) electrons. The second kappa shape index (κ2) is 6.95. The molecule has 1 saturated carbocycles. The van der Waals surface area contributed by atoms with Crippen LogP contribution in [0.5, 0.6) is 0 Å².